The molecule has 2 unspecified atom stereocenters. The van der Waals surface area contributed by atoms with E-state index in [1.165, 1.54) is 0 Å². The number of hydrogen-bond donors (Lipinski definition) is 2. The lowest BCUT2D eigenvalue weighted by atomic mass is 9.95. The van der Waals surface area contributed by atoms with Crippen molar-refractivity contribution in [3.8, 4) is 0 Å². The summed E-state index contributed by atoms with van der Waals surface area (Å²) in [5.41, 5.74) is 7.89. The van der Waals surface area contributed by atoms with Crippen molar-refractivity contribution in [2.75, 3.05) is 0 Å². The predicted octanol–water partition coefficient (Wildman–Crippen LogP) is 1.74. The maximum atomic E-state index is 12.2. The minimum Gasteiger partial charge on any atom is -0.350 e. The highest BCUT2D eigenvalue weighted by molar-refractivity contribution is 5.79. The van der Waals surface area contributed by atoms with Gasteiger partial charge < -0.3 is 11.1 Å². The van der Waals surface area contributed by atoms with Crippen molar-refractivity contribution in [1.82, 2.24) is 15.3 Å². The van der Waals surface area contributed by atoms with Crippen LogP contribution >= 0.6 is 0 Å². The van der Waals surface area contributed by atoms with Gasteiger partial charge in [0, 0.05) is 12.2 Å². The molecule has 110 valence electrons. The third-order valence-corrected chi connectivity index (χ3v) is 3.41. The summed E-state index contributed by atoms with van der Waals surface area (Å²) in [5, 5.41) is 2.87. The largest absolute Gasteiger partial charge is 0.350 e. The molecular weight excluding hydrogens is 264 g/mol. The van der Waals surface area contributed by atoms with Crippen molar-refractivity contribution in [3.63, 3.8) is 0 Å². The van der Waals surface area contributed by atoms with E-state index in [9.17, 15) is 4.79 Å². The van der Waals surface area contributed by atoms with Crippen molar-refractivity contribution in [2.45, 2.75) is 26.4 Å². The smallest absolute Gasteiger partial charge is 0.225 e. The molecule has 0 aliphatic heterocycles. The van der Waals surface area contributed by atoms with Crippen LogP contribution in [0.3, 0.4) is 0 Å². The average molecular weight is 284 g/mol. The molecule has 1 aromatic heterocycles. The van der Waals surface area contributed by atoms with E-state index in [1.54, 1.807) is 12.3 Å². The zero-order chi connectivity index (χ0) is 15.2. The molecule has 5 heteroatoms. The molecule has 3 N–H and O–H groups in total. The molecule has 1 aromatic carbocycles. The molecule has 2 aromatic rings. The second kappa shape index (κ2) is 6.95. The van der Waals surface area contributed by atoms with Gasteiger partial charge in [-0.2, -0.15) is 0 Å². The Balaban J connectivity index is 1.94. The van der Waals surface area contributed by atoms with Crippen LogP contribution in [0.4, 0.5) is 0 Å². The lowest BCUT2D eigenvalue weighted by Gasteiger charge is -2.19. The average Bonchev–Trinajstić information content (AvgIpc) is 2.52. The van der Waals surface area contributed by atoms with Crippen LogP contribution in [-0.4, -0.2) is 15.9 Å². The van der Waals surface area contributed by atoms with Crippen molar-refractivity contribution in [2.24, 2.45) is 11.7 Å². The van der Waals surface area contributed by atoms with Crippen LogP contribution < -0.4 is 11.1 Å². The predicted molar refractivity (Wildman–Crippen MR) is 81.2 cm³/mol. The molecular formula is C16H20N4O. The number of carbonyl (C=O) groups excluding carboxylic acids is 1. The van der Waals surface area contributed by atoms with E-state index < -0.39 is 0 Å². The van der Waals surface area contributed by atoms with Gasteiger partial charge in [0.15, 0.2) is 0 Å². The van der Waals surface area contributed by atoms with E-state index in [0.717, 1.165) is 11.3 Å². The fraction of sp³-hybridized carbons (Fsp3) is 0.312. The molecule has 2 rings (SSSR count). The molecule has 0 spiro atoms. The van der Waals surface area contributed by atoms with Gasteiger partial charge in [0.2, 0.25) is 5.91 Å². The number of hydrogen-bond acceptors (Lipinski definition) is 4. The molecule has 5 nitrogen and oxygen atoms in total. The lowest BCUT2D eigenvalue weighted by Crippen LogP contribution is -2.35. The summed E-state index contributed by atoms with van der Waals surface area (Å²) in [5.74, 6) is 0.300. The molecule has 1 amide bonds. The number of aromatic nitrogens is 2. The normalized spacial score (nSPS) is 13.5. The van der Waals surface area contributed by atoms with E-state index >= 15 is 0 Å². The molecule has 0 saturated carbocycles. The molecule has 0 fully saturated rings. The Hall–Kier alpha value is -2.27. The van der Waals surface area contributed by atoms with Crippen LogP contribution in [-0.2, 0) is 11.3 Å². The summed E-state index contributed by atoms with van der Waals surface area (Å²) in [6, 6.07) is 11.1. The van der Waals surface area contributed by atoms with Gasteiger partial charge >= 0.3 is 0 Å². The van der Waals surface area contributed by atoms with Gasteiger partial charge in [0.1, 0.15) is 5.82 Å². The second-order valence-corrected chi connectivity index (χ2v) is 5.04. The van der Waals surface area contributed by atoms with Crippen LogP contribution in [0.2, 0.25) is 0 Å². The maximum absolute atomic E-state index is 12.2. The third-order valence-electron chi connectivity index (χ3n) is 3.41. The maximum Gasteiger partial charge on any atom is 0.225 e. The highest BCUT2D eigenvalue weighted by Gasteiger charge is 2.21. The Bertz CT molecular complexity index is 600. The van der Waals surface area contributed by atoms with Gasteiger partial charge in [-0.05, 0) is 18.6 Å². The van der Waals surface area contributed by atoms with Crippen molar-refractivity contribution in [3.05, 3.63) is 59.7 Å². The summed E-state index contributed by atoms with van der Waals surface area (Å²) in [7, 11) is 0. The quantitative estimate of drug-likeness (QED) is 0.876. The minimum atomic E-state index is -0.321. The molecule has 1 heterocycles. The Morgan fingerprint density at radius 2 is 2.00 bits per heavy atom. The van der Waals surface area contributed by atoms with Gasteiger partial charge in [-0.3, -0.25) is 4.79 Å². The first-order chi connectivity index (χ1) is 10.1. The van der Waals surface area contributed by atoms with Gasteiger partial charge in [-0.15, -0.1) is 0 Å². The SMILES string of the molecule is Cc1nccc(CNC(=O)C(C)C(N)c2ccccc2)n1. The van der Waals surface area contributed by atoms with Gasteiger partial charge in [-0.1, -0.05) is 37.3 Å². The highest BCUT2D eigenvalue weighted by atomic mass is 16.1. The van der Waals surface area contributed by atoms with E-state index in [1.807, 2.05) is 44.2 Å². The number of aryl methyl sites for hydroxylation is 1. The lowest BCUT2D eigenvalue weighted by molar-refractivity contribution is -0.125. The molecule has 0 saturated heterocycles. The summed E-state index contributed by atoms with van der Waals surface area (Å²) < 4.78 is 0. The number of nitrogens with one attached hydrogen (secondary N) is 1. The fourth-order valence-electron chi connectivity index (χ4n) is 2.07. The van der Waals surface area contributed by atoms with Crippen LogP contribution in [0.5, 0.6) is 0 Å². The highest BCUT2D eigenvalue weighted by Crippen LogP contribution is 2.19. The van der Waals surface area contributed by atoms with E-state index in [0.29, 0.717) is 12.4 Å². The second-order valence-electron chi connectivity index (χ2n) is 5.04. The van der Waals surface area contributed by atoms with Crippen LogP contribution in [0.15, 0.2) is 42.6 Å². The fourth-order valence-corrected chi connectivity index (χ4v) is 2.07. The first-order valence-electron chi connectivity index (χ1n) is 6.94. The Morgan fingerprint density at radius 1 is 1.29 bits per heavy atom. The van der Waals surface area contributed by atoms with Gasteiger partial charge in [0.05, 0.1) is 18.2 Å². The monoisotopic (exact) mass is 284 g/mol. The van der Waals surface area contributed by atoms with Crippen molar-refractivity contribution >= 4 is 5.91 Å². The number of benzene rings is 1. The molecule has 21 heavy (non-hydrogen) atoms. The Kier molecular flexibility index (Phi) is 5.00. The molecule has 0 bridgehead atoms. The number of carbonyl (C=O) groups is 1. The summed E-state index contributed by atoms with van der Waals surface area (Å²) in [6.07, 6.45) is 1.68. The molecule has 0 aliphatic rings. The third kappa shape index (κ3) is 4.10. The van der Waals surface area contributed by atoms with E-state index in [2.05, 4.69) is 15.3 Å². The van der Waals surface area contributed by atoms with Crippen LogP contribution in [0, 0.1) is 12.8 Å². The van der Waals surface area contributed by atoms with Crippen molar-refractivity contribution < 1.29 is 4.79 Å². The zero-order valence-electron chi connectivity index (χ0n) is 12.3. The first kappa shape index (κ1) is 15.1. The summed E-state index contributed by atoms with van der Waals surface area (Å²) >= 11 is 0. The Morgan fingerprint density at radius 3 is 2.67 bits per heavy atom. The number of amides is 1. The summed E-state index contributed by atoms with van der Waals surface area (Å²) in [6.45, 7) is 4.03. The topological polar surface area (TPSA) is 80.9 Å². The molecule has 0 radical (unpaired) electrons. The van der Waals surface area contributed by atoms with Gasteiger partial charge in [0.25, 0.3) is 0 Å². The number of rotatable bonds is 5. The first-order valence-corrected chi connectivity index (χ1v) is 6.94. The van der Waals surface area contributed by atoms with E-state index in [4.69, 9.17) is 5.73 Å². The summed E-state index contributed by atoms with van der Waals surface area (Å²) in [4.78, 5) is 20.5. The van der Waals surface area contributed by atoms with E-state index in [-0.39, 0.29) is 17.9 Å². The number of nitrogens with two attached hydrogens (primary N) is 1. The molecule has 0 aliphatic carbocycles. The van der Waals surface area contributed by atoms with Crippen molar-refractivity contribution in [1.29, 1.82) is 0 Å². The van der Waals surface area contributed by atoms with Crippen LogP contribution in [0.1, 0.15) is 30.0 Å². The van der Waals surface area contributed by atoms with Crippen LogP contribution in [0.25, 0.3) is 0 Å². The zero-order valence-corrected chi connectivity index (χ0v) is 12.3. The standard InChI is InChI=1S/C16H20N4O/c1-11(15(17)13-6-4-3-5-7-13)16(21)19-10-14-8-9-18-12(2)20-14/h3-9,11,15H,10,17H2,1-2H3,(H,19,21). The number of nitrogens with zero attached hydrogens (tertiary/aromatic N) is 2. The Labute approximate surface area is 124 Å². The molecule has 2 atom stereocenters. The van der Waals surface area contributed by atoms with Gasteiger partial charge in [-0.25, -0.2) is 9.97 Å². The minimum absolute atomic E-state index is 0.0809.